The molecule has 4 heteroatoms. The Hall–Kier alpha value is -2.66. The number of fused-ring (bicyclic) bond motifs is 3. The second-order valence-electron chi connectivity index (χ2n) is 10.5. The fraction of sp³-hybridized carbons (Fsp3) is 0.400. The van der Waals surface area contributed by atoms with Crippen molar-refractivity contribution >= 4 is 0 Å². The number of phenols is 1. The lowest BCUT2D eigenvalue weighted by Crippen LogP contribution is -2.64. The molecule has 3 heterocycles. The van der Waals surface area contributed by atoms with Crippen LogP contribution in [0.5, 0.6) is 5.75 Å². The Morgan fingerprint density at radius 2 is 1.50 bits per heavy atom. The molecule has 0 saturated carbocycles. The molecule has 34 heavy (non-hydrogen) atoms. The van der Waals surface area contributed by atoms with Crippen molar-refractivity contribution in [1.82, 2.24) is 10.2 Å². The van der Waals surface area contributed by atoms with Gasteiger partial charge in [-0.1, -0.05) is 66.7 Å². The monoisotopic (exact) mass is 456 g/mol. The van der Waals surface area contributed by atoms with Crippen LogP contribution >= 0.6 is 0 Å². The van der Waals surface area contributed by atoms with Crippen LogP contribution < -0.4 is 5.32 Å². The van der Waals surface area contributed by atoms with Gasteiger partial charge < -0.3 is 15.5 Å². The summed E-state index contributed by atoms with van der Waals surface area (Å²) in [6.07, 6.45) is 2.42. The quantitative estimate of drug-likeness (QED) is 0.468. The molecule has 0 amide bonds. The number of nitrogens with zero attached hydrogens (tertiary/aromatic N) is 1. The summed E-state index contributed by atoms with van der Waals surface area (Å²) in [6, 6.07) is 27.9. The van der Waals surface area contributed by atoms with Gasteiger partial charge in [0.2, 0.25) is 0 Å². The van der Waals surface area contributed by atoms with Gasteiger partial charge in [-0.25, -0.2) is 0 Å². The Kier molecular flexibility index (Phi) is 6.48. The first-order valence-corrected chi connectivity index (χ1v) is 12.5. The molecule has 0 aromatic heterocycles. The number of benzene rings is 3. The van der Waals surface area contributed by atoms with E-state index in [2.05, 4.69) is 70.9 Å². The van der Waals surface area contributed by atoms with Crippen LogP contribution in [-0.2, 0) is 12.1 Å². The van der Waals surface area contributed by atoms with Crippen molar-refractivity contribution in [1.29, 1.82) is 0 Å². The third-order valence-electron chi connectivity index (χ3n) is 7.84. The number of hydrogen-bond acceptors (Lipinski definition) is 4. The number of nitrogens with one attached hydrogen (secondary N) is 1. The minimum atomic E-state index is -0.938. The van der Waals surface area contributed by atoms with Crippen LogP contribution in [0, 0.1) is 5.92 Å². The lowest BCUT2D eigenvalue weighted by molar-refractivity contribution is 0.00460. The zero-order valence-corrected chi connectivity index (χ0v) is 20.2. The minimum absolute atomic E-state index is 0.277. The van der Waals surface area contributed by atoms with Crippen molar-refractivity contribution < 1.29 is 10.2 Å². The number of piperidine rings is 3. The molecule has 0 aliphatic carbocycles. The number of phenolic OH excluding ortho intramolecular Hbond substituents is 1. The second kappa shape index (κ2) is 9.53. The molecule has 2 atom stereocenters. The van der Waals surface area contributed by atoms with Crippen molar-refractivity contribution in [2.45, 2.75) is 56.8 Å². The standard InChI is InChI=1S/C30H36N2O2/c1-30(2,34)25-13-14-26(33)24(19-25)20-31-28-23-15-17-32(18-16-23)29(28)27(21-9-5-3-6-10-21)22-11-7-4-8-12-22/h3-14,19,23,27-29,31,33-34H,15-18,20H2,1-2H3/t28-,29-/m0/s1. The van der Waals surface area contributed by atoms with Gasteiger partial charge in [0.25, 0.3) is 0 Å². The average molecular weight is 457 g/mol. The van der Waals surface area contributed by atoms with Crippen LogP contribution in [0.15, 0.2) is 78.9 Å². The maximum Gasteiger partial charge on any atom is 0.120 e. The Morgan fingerprint density at radius 3 is 2.06 bits per heavy atom. The summed E-state index contributed by atoms with van der Waals surface area (Å²) in [5.41, 5.74) is 3.42. The van der Waals surface area contributed by atoms with Crippen molar-refractivity contribution in [2.75, 3.05) is 13.1 Å². The summed E-state index contributed by atoms with van der Waals surface area (Å²) in [6.45, 7) is 6.43. The summed E-state index contributed by atoms with van der Waals surface area (Å²) in [4.78, 5) is 2.68. The summed E-state index contributed by atoms with van der Waals surface area (Å²) in [5, 5.41) is 24.9. The zero-order valence-electron chi connectivity index (χ0n) is 20.2. The summed E-state index contributed by atoms with van der Waals surface area (Å²) in [7, 11) is 0. The number of hydrogen-bond donors (Lipinski definition) is 3. The van der Waals surface area contributed by atoms with Gasteiger partial charge in [0.05, 0.1) is 5.60 Å². The van der Waals surface area contributed by atoms with Crippen molar-refractivity contribution in [3.05, 3.63) is 101 Å². The lowest BCUT2D eigenvalue weighted by atomic mass is 9.70. The molecule has 4 nitrogen and oxygen atoms in total. The molecule has 3 saturated heterocycles. The van der Waals surface area contributed by atoms with E-state index in [-0.39, 0.29) is 11.7 Å². The van der Waals surface area contributed by atoms with E-state index >= 15 is 0 Å². The Balaban J connectivity index is 1.48. The first-order valence-electron chi connectivity index (χ1n) is 12.5. The molecule has 0 spiro atoms. The van der Waals surface area contributed by atoms with E-state index in [1.165, 1.54) is 24.0 Å². The van der Waals surface area contributed by atoms with E-state index in [9.17, 15) is 10.2 Å². The van der Waals surface area contributed by atoms with Gasteiger partial charge in [-0.15, -0.1) is 0 Å². The average Bonchev–Trinajstić information content (AvgIpc) is 2.85. The van der Waals surface area contributed by atoms with Crippen LogP contribution in [0.25, 0.3) is 0 Å². The van der Waals surface area contributed by atoms with Gasteiger partial charge in [-0.05, 0) is 74.5 Å². The van der Waals surface area contributed by atoms with E-state index in [1.807, 2.05) is 6.07 Å². The van der Waals surface area contributed by atoms with E-state index in [4.69, 9.17) is 0 Å². The van der Waals surface area contributed by atoms with Crippen LogP contribution in [0.4, 0.5) is 0 Å². The van der Waals surface area contributed by atoms with E-state index in [0.717, 1.165) is 24.2 Å². The Morgan fingerprint density at radius 1 is 0.912 bits per heavy atom. The molecule has 0 unspecified atom stereocenters. The zero-order chi connectivity index (χ0) is 23.7. The summed E-state index contributed by atoms with van der Waals surface area (Å²) < 4.78 is 0. The first kappa shape index (κ1) is 23.1. The van der Waals surface area contributed by atoms with E-state index < -0.39 is 5.60 Å². The molecule has 3 aromatic rings. The highest BCUT2D eigenvalue weighted by atomic mass is 16.3. The minimum Gasteiger partial charge on any atom is -0.508 e. The van der Waals surface area contributed by atoms with Gasteiger partial charge in [0.15, 0.2) is 0 Å². The first-order chi connectivity index (χ1) is 16.4. The maximum atomic E-state index is 10.6. The van der Waals surface area contributed by atoms with Gasteiger partial charge in [0, 0.05) is 30.1 Å². The van der Waals surface area contributed by atoms with Crippen molar-refractivity contribution in [3.8, 4) is 5.75 Å². The van der Waals surface area contributed by atoms with Gasteiger partial charge >= 0.3 is 0 Å². The summed E-state index contributed by atoms with van der Waals surface area (Å²) >= 11 is 0. The maximum absolute atomic E-state index is 10.6. The predicted octanol–water partition coefficient (Wildman–Crippen LogP) is 5.00. The van der Waals surface area contributed by atoms with Crippen LogP contribution in [0.2, 0.25) is 0 Å². The fourth-order valence-corrected chi connectivity index (χ4v) is 6.03. The Labute approximate surface area is 203 Å². The predicted molar refractivity (Wildman–Crippen MR) is 137 cm³/mol. The molecule has 3 N–H and O–H groups in total. The number of rotatable bonds is 7. The van der Waals surface area contributed by atoms with Gasteiger partial charge in [0.1, 0.15) is 5.75 Å². The highest BCUT2D eigenvalue weighted by molar-refractivity contribution is 5.39. The lowest BCUT2D eigenvalue weighted by Gasteiger charge is -2.54. The highest BCUT2D eigenvalue weighted by Gasteiger charge is 2.46. The van der Waals surface area contributed by atoms with Gasteiger partial charge in [-0.2, -0.15) is 0 Å². The molecular weight excluding hydrogens is 420 g/mol. The van der Waals surface area contributed by atoms with Gasteiger partial charge in [-0.3, -0.25) is 4.90 Å². The largest absolute Gasteiger partial charge is 0.508 e. The normalized spacial score (nSPS) is 24.5. The van der Waals surface area contributed by atoms with Crippen LogP contribution in [0.1, 0.15) is 54.9 Å². The molecule has 3 aliphatic rings. The Bertz CT molecular complexity index is 1050. The smallest absolute Gasteiger partial charge is 0.120 e. The SMILES string of the molecule is CC(C)(O)c1ccc(O)c(CN[C@H]2C3CCN(CC3)[C@H]2C(c2ccccc2)c2ccccc2)c1. The van der Waals surface area contributed by atoms with Crippen LogP contribution in [0.3, 0.4) is 0 Å². The second-order valence-corrected chi connectivity index (χ2v) is 10.5. The summed E-state index contributed by atoms with van der Waals surface area (Å²) in [5.74, 6) is 1.17. The molecule has 3 aromatic carbocycles. The fourth-order valence-electron chi connectivity index (χ4n) is 6.03. The highest BCUT2D eigenvalue weighted by Crippen LogP contribution is 2.42. The van der Waals surface area contributed by atoms with E-state index in [0.29, 0.717) is 24.5 Å². The van der Waals surface area contributed by atoms with Crippen molar-refractivity contribution in [2.24, 2.45) is 5.92 Å². The number of aliphatic hydroxyl groups is 1. The molecule has 3 aliphatic heterocycles. The molecule has 2 bridgehead atoms. The molecule has 6 rings (SSSR count). The third-order valence-corrected chi connectivity index (χ3v) is 7.84. The van der Waals surface area contributed by atoms with Crippen LogP contribution in [-0.4, -0.2) is 40.3 Å². The molecule has 3 fully saturated rings. The number of aromatic hydroxyl groups is 1. The molecule has 0 radical (unpaired) electrons. The van der Waals surface area contributed by atoms with Crippen molar-refractivity contribution in [3.63, 3.8) is 0 Å². The van der Waals surface area contributed by atoms with E-state index in [1.54, 1.807) is 26.0 Å². The molecule has 178 valence electrons. The molecular formula is C30H36N2O2. The topological polar surface area (TPSA) is 55.7 Å². The third kappa shape index (κ3) is 4.63.